The number of aromatic nitrogens is 1. The number of anilines is 1. The molecule has 21 heavy (non-hydrogen) atoms. The summed E-state index contributed by atoms with van der Waals surface area (Å²) in [5, 5.41) is 2.52. The van der Waals surface area contributed by atoms with Crippen LogP contribution in [0, 0.1) is 0 Å². The van der Waals surface area contributed by atoms with E-state index in [1.165, 1.54) is 16.5 Å². The molecule has 0 amide bonds. The fourth-order valence-corrected chi connectivity index (χ4v) is 3.03. The molecule has 3 aromatic rings. The van der Waals surface area contributed by atoms with Crippen LogP contribution in [0.3, 0.4) is 0 Å². The standard InChI is InChI=1S/C19H22N2/c1-3-13-21(14-4-2)19-15-9-5-7-11-17(15)20-18-12-8-6-10-16(18)19/h5-12H,3-4,13-14H2,1-2H3. The molecule has 0 bridgehead atoms. The molecule has 0 saturated heterocycles. The second-order valence-electron chi connectivity index (χ2n) is 5.48. The molecule has 0 aliphatic heterocycles. The van der Waals surface area contributed by atoms with Crippen molar-refractivity contribution < 1.29 is 0 Å². The number of pyridine rings is 1. The predicted molar refractivity (Wildman–Crippen MR) is 92.0 cm³/mol. The van der Waals surface area contributed by atoms with Crippen molar-refractivity contribution in [3.05, 3.63) is 48.5 Å². The summed E-state index contributed by atoms with van der Waals surface area (Å²) in [4.78, 5) is 7.33. The fraction of sp³-hybridized carbons (Fsp3) is 0.316. The van der Waals surface area contributed by atoms with Crippen molar-refractivity contribution in [1.29, 1.82) is 0 Å². The first kappa shape index (κ1) is 13.9. The number of para-hydroxylation sites is 2. The van der Waals surface area contributed by atoms with E-state index in [1.807, 2.05) is 0 Å². The van der Waals surface area contributed by atoms with Crippen LogP contribution in [0.2, 0.25) is 0 Å². The van der Waals surface area contributed by atoms with Crippen molar-refractivity contribution >= 4 is 27.5 Å². The molecule has 0 fully saturated rings. The van der Waals surface area contributed by atoms with Gasteiger partial charge in [-0.05, 0) is 25.0 Å². The fourth-order valence-electron chi connectivity index (χ4n) is 3.03. The Hall–Kier alpha value is -2.09. The predicted octanol–water partition coefficient (Wildman–Crippen LogP) is 5.01. The van der Waals surface area contributed by atoms with Gasteiger partial charge in [-0.1, -0.05) is 50.2 Å². The average Bonchev–Trinajstić information content (AvgIpc) is 2.52. The zero-order valence-corrected chi connectivity index (χ0v) is 12.8. The number of fused-ring (bicyclic) bond motifs is 2. The third kappa shape index (κ3) is 2.58. The molecule has 0 saturated carbocycles. The van der Waals surface area contributed by atoms with Gasteiger partial charge < -0.3 is 4.90 Å². The number of nitrogens with zero attached hydrogens (tertiary/aromatic N) is 2. The van der Waals surface area contributed by atoms with Gasteiger partial charge >= 0.3 is 0 Å². The molecule has 2 aromatic carbocycles. The Bertz CT molecular complexity index is 689. The Labute approximate surface area is 126 Å². The van der Waals surface area contributed by atoms with Crippen LogP contribution in [0.25, 0.3) is 21.8 Å². The van der Waals surface area contributed by atoms with E-state index in [4.69, 9.17) is 4.98 Å². The third-order valence-corrected chi connectivity index (χ3v) is 3.86. The molecule has 108 valence electrons. The summed E-state index contributed by atoms with van der Waals surface area (Å²) in [6.07, 6.45) is 2.32. The Morgan fingerprint density at radius 1 is 0.762 bits per heavy atom. The maximum Gasteiger partial charge on any atom is 0.0730 e. The highest BCUT2D eigenvalue weighted by atomic mass is 15.1. The van der Waals surface area contributed by atoms with Gasteiger partial charge in [0.15, 0.2) is 0 Å². The monoisotopic (exact) mass is 278 g/mol. The van der Waals surface area contributed by atoms with E-state index in [1.54, 1.807) is 0 Å². The van der Waals surface area contributed by atoms with Crippen molar-refractivity contribution in [2.75, 3.05) is 18.0 Å². The topological polar surface area (TPSA) is 16.1 Å². The van der Waals surface area contributed by atoms with E-state index in [2.05, 4.69) is 67.3 Å². The maximum atomic E-state index is 4.81. The van der Waals surface area contributed by atoms with Crippen LogP contribution in [0.5, 0.6) is 0 Å². The molecule has 3 rings (SSSR count). The van der Waals surface area contributed by atoms with Crippen LogP contribution in [0.4, 0.5) is 5.69 Å². The molecular formula is C19H22N2. The molecule has 0 spiro atoms. The first-order valence-electron chi connectivity index (χ1n) is 7.87. The van der Waals surface area contributed by atoms with Crippen LogP contribution in [0.1, 0.15) is 26.7 Å². The zero-order chi connectivity index (χ0) is 14.7. The Balaban J connectivity index is 2.33. The average molecular weight is 278 g/mol. The van der Waals surface area contributed by atoms with Crippen LogP contribution in [-0.4, -0.2) is 18.1 Å². The van der Waals surface area contributed by atoms with Gasteiger partial charge in [0.2, 0.25) is 0 Å². The van der Waals surface area contributed by atoms with E-state index in [9.17, 15) is 0 Å². The van der Waals surface area contributed by atoms with Crippen LogP contribution in [-0.2, 0) is 0 Å². The second-order valence-corrected chi connectivity index (χ2v) is 5.48. The summed E-state index contributed by atoms with van der Waals surface area (Å²) in [5.74, 6) is 0. The molecule has 2 nitrogen and oxygen atoms in total. The Kier molecular flexibility index (Phi) is 4.05. The number of hydrogen-bond donors (Lipinski definition) is 0. The van der Waals surface area contributed by atoms with Crippen molar-refractivity contribution in [2.45, 2.75) is 26.7 Å². The maximum absolute atomic E-state index is 4.81. The largest absolute Gasteiger partial charge is 0.370 e. The lowest BCUT2D eigenvalue weighted by Gasteiger charge is -2.26. The van der Waals surface area contributed by atoms with Crippen molar-refractivity contribution in [2.24, 2.45) is 0 Å². The first-order chi connectivity index (χ1) is 10.3. The molecule has 0 aliphatic rings. The minimum absolute atomic E-state index is 1.09. The molecule has 1 aromatic heterocycles. The number of hydrogen-bond acceptors (Lipinski definition) is 2. The van der Waals surface area contributed by atoms with E-state index in [-0.39, 0.29) is 0 Å². The van der Waals surface area contributed by atoms with Gasteiger partial charge in [-0.3, -0.25) is 0 Å². The normalized spacial score (nSPS) is 11.1. The lowest BCUT2D eigenvalue weighted by Crippen LogP contribution is -2.25. The third-order valence-electron chi connectivity index (χ3n) is 3.86. The highest BCUT2D eigenvalue weighted by Gasteiger charge is 2.14. The summed E-state index contributed by atoms with van der Waals surface area (Å²) in [5.41, 5.74) is 3.52. The number of benzene rings is 2. The van der Waals surface area contributed by atoms with Gasteiger partial charge in [0, 0.05) is 23.9 Å². The van der Waals surface area contributed by atoms with E-state index < -0.39 is 0 Å². The van der Waals surface area contributed by atoms with Gasteiger partial charge in [0.25, 0.3) is 0 Å². The van der Waals surface area contributed by atoms with Gasteiger partial charge in [-0.25, -0.2) is 4.98 Å². The minimum Gasteiger partial charge on any atom is -0.370 e. The van der Waals surface area contributed by atoms with Gasteiger partial charge in [-0.15, -0.1) is 0 Å². The van der Waals surface area contributed by atoms with Crippen molar-refractivity contribution in [3.8, 4) is 0 Å². The van der Waals surface area contributed by atoms with E-state index >= 15 is 0 Å². The molecule has 0 N–H and O–H groups in total. The minimum atomic E-state index is 1.09. The van der Waals surface area contributed by atoms with Gasteiger partial charge in [0.1, 0.15) is 0 Å². The summed E-state index contributed by atoms with van der Waals surface area (Å²) in [6.45, 7) is 6.67. The molecule has 0 aliphatic carbocycles. The zero-order valence-electron chi connectivity index (χ0n) is 12.8. The molecule has 0 unspecified atom stereocenters. The molecule has 1 heterocycles. The lowest BCUT2D eigenvalue weighted by atomic mass is 10.1. The summed E-state index contributed by atoms with van der Waals surface area (Å²) in [6, 6.07) is 17.0. The highest BCUT2D eigenvalue weighted by Crippen LogP contribution is 2.33. The highest BCUT2D eigenvalue weighted by molar-refractivity contribution is 6.07. The SMILES string of the molecule is CCCN(CCC)c1c2ccccc2nc2ccccc12. The van der Waals surface area contributed by atoms with Crippen LogP contribution in [0.15, 0.2) is 48.5 Å². The van der Waals surface area contributed by atoms with E-state index in [0.717, 1.165) is 37.0 Å². The Morgan fingerprint density at radius 3 is 1.71 bits per heavy atom. The van der Waals surface area contributed by atoms with Crippen LogP contribution >= 0.6 is 0 Å². The first-order valence-corrected chi connectivity index (χ1v) is 7.87. The van der Waals surface area contributed by atoms with Crippen LogP contribution < -0.4 is 4.90 Å². The molecule has 0 radical (unpaired) electrons. The molecule has 2 heteroatoms. The summed E-state index contributed by atoms with van der Waals surface area (Å²) >= 11 is 0. The van der Waals surface area contributed by atoms with Gasteiger partial charge in [0.05, 0.1) is 16.7 Å². The Morgan fingerprint density at radius 2 is 1.24 bits per heavy atom. The van der Waals surface area contributed by atoms with Crippen molar-refractivity contribution in [1.82, 2.24) is 4.98 Å². The summed E-state index contributed by atoms with van der Waals surface area (Å²) < 4.78 is 0. The van der Waals surface area contributed by atoms with E-state index in [0.29, 0.717) is 0 Å². The number of rotatable bonds is 5. The smallest absolute Gasteiger partial charge is 0.0730 e. The second kappa shape index (κ2) is 6.13. The quantitative estimate of drug-likeness (QED) is 0.609. The lowest BCUT2D eigenvalue weighted by molar-refractivity contribution is 0.749. The summed E-state index contributed by atoms with van der Waals surface area (Å²) in [7, 11) is 0. The molecule has 0 atom stereocenters. The molecular weight excluding hydrogens is 256 g/mol. The van der Waals surface area contributed by atoms with Crippen molar-refractivity contribution in [3.63, 3.8) is 0 Å². The van der Waals surface area contributed by atoms with Gasteiger partial charge in [-0.2, -0.15) is 0 Å².